The summed E-state index contributed by atoms with van der Waals surface area (Å²) in [6.45, 7) is 2.02. The number of hydrogen-bond donors (Lipinski definition) is 1. The maximum absolute atomic E-state index is 6.21. The molecule has 5 nitrogen and oxygen atoms in total. The summed E-state index contributed by atoms with van der Waals surface area (Å²) in [5, 5.41) is 12.4. The number of rotatable bonds is 2. The van der Waals surface area contributed by atoms with Crippen LogP contribution in [0.15, 0.2) is 18.2 Å². The van der Waals surface area contributed by atoms with Crippen molar-refractivity contribution in [3.63, 3.8) is 0 Å². The Morgan fingerprint density at radius 3 is 2.90 bits per heavy atom. The van der Waals surface area contributed by atoms with Crippen LogP contribution in [0.3, 0.4) is 0 Å². The van der Waals surface area contributed by atoms with Gasteiger partial charge in [-0.3, -0.25) is 0 Å². The molecule has 2 aromatic rings. The molecule has 2 fully saturated rings. The fraction of sp³-hybridized carbons (Fsp3) is 0.533. The number of nitrogen functional groups attached to an aromatic ring is 1. The topological polar surface area (TPSA) is 69.6 Å². The number of nitrogens with zero attached hydrogens (tertiary/aromatic N) is 4. The fourth-order valence-electron chi connectivity index (χ4n) is 3.98. The van der Waals surface area contributed by atoms with Gasteiger partial charge in [-0.1, -0.05) is 18.6 Å². The van der Waals surface area contributed by atoms with Crippen molar-refractivity contribution in [2.75, 3.05) is 5.73 Å². The van der Waals surface area contributed by atoms with Crippen LogP contribution in [0.1, 0.15) is 37.3 Å². The van der Waals surface area contributed by atoms with Gasteiger partial charge in [-0.15, -0.1) is 5.10 Å². The standard InChI is InChI=1S/C15H19N5/c1-9-3-2-4-12(14(9)16)15-17-18-19-20(15)13-8-10-5-6-11(13)7-10/h2-4,10-11,13H,5-8,16H2,1H3. The molecule has 1 aromatic carbocycles. The summed E-state index contributed by atoms with van der Waals surface area (Å²) in [5.41, 5.74) is 9.02. The van der Waals surface area contributed by atoms with Gasteiger partial charge in [0.2, 0.25) is 0 Å². The highest BCUT2D eigenvalue weighted by Crippen LogP contribution is 2.51. The number of tetrazole rings is 1. The van der Waals surface area contributed by atoms with E-state index >= 15 is 0 Å². The zero-order valence-electron chi connectivity index (χ0n) is 11.7. The first-order valence-corrected chi connectivity index (χ1v) is 7.37. The van der Waals surface area contributed by atoms with Crippen LogP contribution in [0.5, 0.6) is 0 Å². The summed E-state index contributed by atoms with van der Waals surface area (Å²) < 4.78 is 2.02. The van der Waals surface area contributed by atoms with Crippen LogP contribution >= 0.6 is 0 Å². The molecule has 4 rings (SSSR count). The summed E-state index contributed by atoms with van der Waals surface area (Å²) in [6, 6.07) is 6.50. The Morgan fingerprint density at radius 1 is 1.25 bits per heavy atom. The summed E-state index contributed by atoms with van der Waals surface area (Å²) in [6.07, 6.45) is 5.25. The monoisotopic (exact) mass is 269 g/mol. The van der Waals surface area contributed by atoms with E-state index in [-0.39, 0.29) is 0 Å². The van der Waals surface area contributed by atoms with Crippen molar-refractivity contribution in [3.8, 4) is 11.4 Å². The van der Waals surface area contributed by atoms with Gasteiger partial charge in [0, 0.05) is 11.3 Å². The van der Waals surface area contributed by atoms with E-state index in [1.807, 2.05) is 29.8 Å². The highest BCUT2D eigenvalue weighted by Gasteiger charge is 2.42. The Kier molecular flexibility index (Phi) is 2.55. The third kappa shape index (κ3) is 1.65. The highest BCUT2D eigenvalue weighted by molar-refractivity contribution is 5.74. The van der Waals surface area contributed by atoms with Crippen LogP contribution in [0.2, 0.25) is 0 Å². The van der Waals surface area contributed by atoms with Crippen LogP contribution in [0, 0.1) is 18.8 Å². The minimum absolute atomic E-state index is 0.457. The van der Waals surface area contributed by atoms with Crippen molar-refractivity contribution in [2.24, 2.45) is 11.8 Å². The molecule has 3 atom stereocenters. The molecule has 2 aliphatic rings. The molecule has 2 aliphatic carbocycles. The molecule has 5 heteroatoms. The predicted octanol–water partition coefficient (Wildman–Crippen LogP) is 2.59. The Hall–Kier alpha value is -1.91. The number of fused-ring (bicyclic) bond motifs is 2. The first kappa shape index (κ1) is 11.9. The second-order valence-corrected chi connectivity index (χ2v) is 6.23. The number of para-hydroxylation sites is 1. The van der Waals surface area contributed by atoms with Gasteiger partial charge in [0.05, 0.1) is 6.04 Å². The van der Waals surface area contributed by atoms with Crippen LogP contribution in [-0.2, 0) is 0 Å². The number of hydrogen-bond acceptors (Lipinski definition) is 4. The van der Waals surface area contributed by atoms with E-state index in [0.717, 1.165) is 34.5 Å². The predicted molar refractivity (Wildman–Crippen MR) is 76.9 cm³/mol. The molecular weight excluding hydrogens is 250 g/mol. The highest BCUT2D eigenvalue weighted by atomic mass is 15.6. The summed E-state index contributed by atoms with van der Waals surface area (Å²) in [5.74, 6) is 2.44. The van der Waals surface area contributed by atoms with Gasteiger partial charge in [0.25, 0.3) is 0 Å². The van der Waals surface area contributed by atoms with E-state index in [1.165, 1.54) is 25.7 Å². The minimum atomic E-state index is 0.457. The van der Waals surface area contributed by atoms with Crippen molar-refractivity contribution in [1.82, 2.24) is 20.2 Å². The van der Waals surface area contributed by atoms with Gasteiger partial charge in [-0.05, 0) is 60.1 Å². The molecule has 20 heavy (non-hydrogen) atoms. The molecule has 0 spiro atoms. The molecule has 1 aromatic heterocycles. The lowest BCUT2D eigenvalue weighted by Crippen LogP contribution is -2.18. The molecule has 0 radical (unpaired) electrons. The number of aryl methyl sites for hydroxylation is 1. The van der Waals surface area contributed by atoms with Crippen LogP contribution in [0.25, 0.3) is 11.4 Å². The third-order valence-electron chi connectivity index (χ3n) is 5.07. The van der Waals surface area contributed by atoms with Crippen LogP contribution in [-0.4, -0.2) is 20.2 Å². The van der Waals surface area contributed by atoms with E-state index in [1.54, 1.807) is 0 Å². The fourth-order valence-corrected chi connectivity index (χ4v) is 3.98. The third-order valence-corrected chi connectivity index (χ3v) is 5.07. The van der Waals surface area contributed by atoms with Gasteiger partial charge >= 0.3 is 0 Å². The van der Waals surface area contributed by atoms with E-state index in [4.69, 9.17) is 5.73 Å². The lowest BCUT2D eigenvalue weighted by atomic mass is 9.95. The number of benzene rings is 1. The van der Waals surface area contributed by atoms with Gasteiger partial charge in [0.1, 0.15) is 0 Å². The number of anilines is 1. The number of nitrogens with two attached hydrogens (primary N) is 1. The smallest absolute Gasteiger partial charge is 0.184 e. The van der Waals surface area contributed by atoms with Gasteiger partial charge in [-0.25, -0.2) is 4.68 Å². The van der Waals surface area contributed by atoms with Crippen LogP contribution < -0.4 is 5.73 Å². The Labute approximate surface area is 118 Å². The average Bonchev–Trinajstić information content (AvgIpc) is 3.15. The zero-order chi connectivity index (χ0) is 13.7. The summed E-state index contributed by atoms with van der Waals surface area (Å²) in [4.78, 5) is 0. The first-order valence-electron chi connectivity index (χ1n) is 7.37. The number of aromatic nitrogens is 4. The maximum Gasteiger partial charge on any atom is 0.184 e. The van der Waals surface area contributed by atoms with Crippen LogP contribution in [0.4, 0.5) is 5.69 Å². The van der Waals surface area contributed by atoms with Crippen molar-refractivity contribution < 1.29 is 0 Å². The summed E-state index contributed by atoms with van der Waals surface area (Å²) in [7, 11) is 0. The molecule has 2 saturated carbocycles. The van der Waals surface area contributed by atoms with E-state index in [2.05, 4.69) is 15.5 Å². The Bertz CT molecular complexity index is 647. The molecule has 3 unspecified atom stereocenters. The molecule has 104 valence electrons. The maximum atomic E-state index is 6.21. The Morgan fingerprint density at radius 2 is 2.15 bits per heavy atom. The Balaban J connectivity index is 1.77. The quantitative estimate of drug-likeness (QED) is 0.851. The first-order chi connectivity index (χ1) is 9.74. The molecule has 0 amide bonds. The molecule has 0 saturated heterocycles. The zero-order valence-corrected chi connectivity index (χ0v) is 11.7. The van der Waals surface area contributed by atoms with Crippen molar-refractivity contribution in [3.05, 3.63) is 23.8 Å². The lowest BCUT2D eigenvalue weighted by molar-refractivity contribution is 0.304. The van der Waals surface area contributed by atoms with E-state index < -0.39 is 0 Å². The van der Waals surface area contributed by atoms with Crippen molar-refractivity contribution in [2.45, 2.75) is 38.6 Å². The van der Waals surface area contributed by atoms with Crippen molar-refractivity contribution >= 4 is 5.69 Å². The molecular formula is C15H19N5. The van der Waals surface area contributed by atoms with Gasteiger partial charge < -0.3 is 5.73 Å². The van der Waals surface area contributed by atoms with Gasteiger partial charge in [0.15, 0.2) is 5.82 Å². The average molecular weight is 269 g/mol. The normalized spacial score (nSPS) is 28.1. The lowest BCUT2D eigenvalue weighted by Gasteiger charge is -2.22. The largest absolute Gasteiger partial charge is 0.398 e. The van der Waals surface area contributed by atoms with E-state index in [0.29, 0.717) is 6.04 Å². The summed E-state index contributed by atoms with van der Waals surface area (Å²) >= 11 is 0. The molecule has 2 bridgehead atoms. The second kappa shape index (κ2) is 4.30. The second-order valence-electron chi connectivity index (χ2n) is 6.23. The van der Waals surface area contributed by atoms with Gasteiger partial charge in [-0.2, -0.15) is 0 Å². The molecule has 0 aliphatic heterocycles. The molecule has 2 N–H and O–H groups in total. The molecule has 1 heterocycles. The SMILES string of the molecule is Cc1cccc(-c2nnnn2C2CC3CCC2C3)c1N. The van der Waals surface area contributed by atoms with Crippen molar-refractivity contribution in [1.29, 1.82) is 0 Å². The minimum Gasteiger partial charge on any atom is -0.398 e. The van der Waals surface area contributed by atoms with E-state index in [9.17, 15) is 0 Å².